The number of anilines is 1. The Morgan fingerprint density at radius 1 is 0.979 bits per heavy atom. The van der Waals surface area contributed by atoms with Crippen molar-refractivity contribution in [2.45, 2.75) is 26.2 Å². The molecule has 0 aromatic heterocycles. The normalized spacial score (nSPS) is 14.7. The lowest BCUT2D eigenvalue weighted by Gasteiger charge is -2.24. The number of carbonyl (C=O) groups is 4. The molecule has 2 aliphatic heterocycles. The number of amides is 2. The number of fused-ring (bicyclic) bond motifs is 1. The summed E-state index contributed by atoms with van der Waals surface area (Å²) in [5.74, 6) is -2.80. The molecule has 10 nitrogen and oxygen atoms in total. The van der Waals surface area contributed by atoms with Gasteiger partial charge >= 0.3 is 12.1 Å². The van der Waals surface area contributed by atoms with Crippen molar-refractivity contribution in [1.29, 1.82) is 0 Å². The number of likely N-dealkylation sites (N-methyl/N-ethyl adjacent to an activating group) is 2. The van der Waals surface area contributed by atoms with Crippen LogP contribution in [0, 0.1) is 0 Å². The largest absolute Gasteiger partial charge is 0.542 e. The molecule has 3 aromatic rings. The molecule has 248 valence electrons. The summed E-state index contributed by atoms with van der Waals surface area (Å²) in [5.41, 5.74) is 4.21. The van der Waals surface area contributed by atoms with E-state index in [1.54, 1.807) is 54.3 Å². The highest BCUT2D eigenvalue weighted by molar-refractivity contribution is 6.30. The van der Waals surface area contributed by atoms with Gasteiger partial charge < -0.3 is 24.4 Å². The SMILES string of the molecule is CCOC(=O)c1ccc2c(c1)N(Cc1ccc(C3=[N+](C)CCN3C)cc1)C(=O)CN(C(=O)c1ccc(Cl)cc1)C2.O=C([O-])C(F)(F)F. The minimum Gasteiger partial charge on any atom is -0.542 e. The van der Waals surface area contributed by atoms with Crippen molar-refractivity contribution in [1.82, 2.24) is 9.80 Å². The average Bonchev–Trinajstić information content (AvgIpc) is 3.29. The molecule has 0 bridgehead atoms. The van der Waals surface area contributed by atoms with Gasteiger partial charge in [0.1, 0.15) is 25.6 Å². The Hall–Kier alpha value is -4.91. The second-order valence-electron chi connectivity index (χ2n) is 10.9. The van der Waals surface area contributed by atoms with Crippen LogP contribution in [0.1, 0.15) is 44.3 Å². The minimum atomic E-state index is -5.19. The summed E-state index contributed by atoms with van der Waals surface area (Å²) in [6.45, 7) is 4.36. The number of halogens is 4. The van der Waals surface area contributed by atoms with Gasteiger partial charge in [0, 0.05) is 22.8 Å². The van der Waals surface area contributed by atoms with Crippen LogP contribution in [-0.4, -0.2) is 90.5 Å². The molecule has 0 N–H and O–H groups in total. The van der Waals surface area contributed by atoms with Crippen LogP contribution in [0.15, 0.2) is 66.7 Å². The first-order chi connectivity index (χ1) is 22.2. The van der Waals surface area contributed by atoms with E-state index in [0.29, 0.717) is 28.4 Å². The number of esters is 1. The molecule has 2 amide bonds. The van der Waals surface area contributed by atoms with Crippen molar-refractivity contribution in [3.8, 4) is 0 Å². The summed E-state index contributed by atoms with van der Waals surface area (Å²) in [4.78, 5) is 53.9. The molecule has 0 spiro atoms. The molecule has 3 aromatic carbocycles. The van der Waals surface area contributed by atoms with Crippen LogP contribution in [0.5, 0.6) is 0 Å². The summed E-state index contributed by atoms with van der Waals surface area (Å²) >= 11 is 6.01. The van der Waals surface area contributed by atoms with Gasteiger partial charge in [0.05, 0.1) is 38.4 Å². The lowest BCUT2D eigenvalue weighted by atomic mass is 10.1. The highest BCUT2D eigenvalue weighted by Crippen LogP contribution is 2.30. The molecule has 2 heterocycles. The molecule has 0 unspecified atom stereocenters. The number of benzene rings is 3. The van der Waals surface area contributed by atoms with E-state index in [1.165, 1.54) is 4.90 Å². The first-order valence-corrected chi connectivity index (χ1v) is 14.9. The first-order valence-electron chi connectivity index (χ1n) is 14.5. The van der Waals surface area contributed by atoms with Crippen LogP contribution in [0.25, 0.3) is 0 Å². The summed E-state index contributed by atoms with van der Waals surface area (Å²) in [7, 11) is 4.16. The zero-order valence-corrected chi connectivity index (χ0v) is 26.6. The quantitative estimate of drug-likeness (QED) is 0.292. The van der Waals surface area contributed by atoms with E-state index in [4.69, 9.17) is 26.2 Å². The molecule has 47 heavy (non-hydrogen) atoms. The van der Waals surface area contributed by atoms with Gasteiger partial charge in [-0.15, -0.1) is 0 Å². The van der Waals surface area contributed by atoms with Gasteiger partial charge in [-0.2, -0.15) is 13.2 Å². The lowest BCUT2D eigenvalue weighted by molar-refractivity contribution is -0.486. The summed E-state index contributed by atoms with van der Waals surface area (Å²) in [6.07, 6.45) is -5.19. The number of amidine groups is 1. The van der Waals surface area contributed by atoms with E-state index < -0.39 is 18.1 Å². The van der Waals surface area contributed by atoms with Crippen LogP contribution in [-0.2, 0) is 27.4 Å². The maximum atomic E-state index is 13.7. The van der Waals surface area contributed by atoms with E-state index in [1.807, 2.05) is 12.1 Å². The molecule has 2 aliphatic rings. The van der Waals surface area contributed by atoms with Crippen molar-refractivity contribution in [2.75, 3.05) is 45.2 Å². The van der Waals surface area contributed by atoms with E-state index >= 15 is 0 Å². The zero-order valence-electron chi connectivity index (χ0n) is 25.8. The molecule has 0 saturated carbocycles. The Kier molecular flexibility index (Phi) is 10.9. The first kappa shape index (κ1) is 35.0. The van der Waals surface area contributed by atoms with Crippen LogP contribution in [0.3, 0.4) is 0 Å². The van der Waals surface area contributed by atoms with Gasteiger partial charge in [-0.1, -0.05) is 29.8 Å². The summed E-state index contributed by atoms with van der Waals surface area (Å²) in [5, 5.41) is 9.31. The number of aliphatic carboxylic acids is 1. The molecule has 14 heteroatoms. The van der Waals surface area contributed by atoms with Gasteiger partial charge in [0.2, 0.25) is 5.91 Å². The van der Waals surface area contributed by atoms with Crippen LogP contribution < -0.4 is 10.0 Å². The summed E-state index contributed by atoms with van der Waals surface area (Å²) < 4.78 is 39.0. The van der Waals surface area contributed by atoms with Crippen LogP contribution in [0.2, 0.25) is 5.02 Å². The molecular formula is C33H32ClF3N4O6. The van der Waals surface area contributed by atoms with E-state index in [2.05, 4.69) is 35.7 Å². The van der Waals surface area contributed by atoms with Crippen LogP contribution in [0.4, 0.5) is 18.9 Å². The van der Waals surface area contributed by atoms with Crippen molar-refractivity contribution >= 4 is 46.9 Å². The van der Waals surface area contributed by atoms with Crippen molar-refractivity contribution in [3.63, 3.8) is 0 Å². The Labute approximate surface area is 274 Å². The van der Waals surface area contributed by atoms with Gasteiger partial charge in [-0.25, -0.2) is 4.79 Å². The standard InChI is InChI=1S/C31H32ClN4O4.C2HF3O2/c1-4-40-31(39)24-9-10-25-19-35(30(38)23-11-13-26(32)14-12-23)20-28(37)36(27(25)17-24)18-21-5-7-22(8-6-21)29-33(2)15-16-34(29)3;3-2(4,5)1(6)7/h5-14,17H,4,15-16,18-20H2,1-3H3;(H,6,7)/q+1;/p-1. The second-order valence-corrected chi connectivity index (χ2v) is 11.3. The van der Waals surface area contributed by atoms with Crippen molar-refractivity contribution in [3.05, 3.63) is 99.6 Å². The fourth-order valence-electron chi connectivity index (χ4n) is 5.21. The third-order valence-corrected chi connectivity index (χ3v) is 7.78. The van der Waals surface area contributed by atoms with Crippen molar-refractivity contribution in [2.24, 2.45) is 0 Å². The van der Waals surface area contributed by atoms with Gasteiger partial charge in [-0.3, -0.25) is 19.1 Å². The Morgan fingerprint density at radius 2 is 1.60 bits per heavy atom. The average molecular weight is 673 g/mol. The Balaban J connectivity index is 0.000000644. The summed E-state index contributed by atoms with van der Waals surface area (Å²) in [6, 6.07) is 20.0. The molecule has 0 aliphatic carbocycles. The zero-order chi connectivity index (χ0) is 34.5. The van der Waals surface area contributed by atoms with E-state index in [9.17, 15) is 27.6 Å². The predicted octanol–water partition coefficient (Wildman–Crippen LogP) is 3.34. The molecule has 0 fully saturated rings. The van der Waals surface area contributed by atoms with E-state index in [-0.39, 0.29) is 31.5 Å². The van der Waals surface area contributed by atoms with Gasteiger partial charge in [0.15, 0.2) is 0 Å². The highest BCUT2D eigenvalue weighted by Gasteiger charge is 2.31. The second kappa shape index (κ2) is 14.7. The number of nitrogens with zero attached hydrogens (tertiary/aromatic N) is 4. The number of hydrogen-bond acceptors (Lipinski definition) is 7. The smallest absolute Gasteiger partial charge is 0.430 e. The maximum Gasteiger partial charge on any atom is 0.430 e. The topological polar surface area (TPSA) is 113 Å². The number of carbonyl (C=O) groups excluding carboxylic acids is 4. The van der Waals surface area contributed by atoms with Crippen molar-refractivity contribution < 1.29 is 46.8 Å². The third kappa shape index (κ3) is 8.47. The predicted molar refractivity (Wildman–Crippen MR) is 165 cm³/mol. The Bertz CT molecular complexity index is 1690. The molecule has 0 atom stereocenters. The molecule has 5 rings (SSSR count). The lowest BCUT2D eigenvalue weighted by Crippen LogP contribution is -2.39. The monoisotopic (exact) mass is 672 g/mol. The molecule has 0 saturated heterocycles. The fraction of sp³-hybridized carbons (Fsp3) is 0.303. The van der Waals surface area contributed by atoms with E-state index in [0.717, 1.165) is 35.6 Å². The Morgan fingerprint density at radius 3 is 2.15 bits per heavy atom. The number of carboxylic acids is 1. The number of ether oxygens (including phenoxy) is 1. The van der Waals surface area contributed by atoms with Crippen LogP contribution >= 0.6 is 11.6 Å². The third-order valence-electron chi connectivity index (χ3n) is 7.53. The number of rotatable bonds is 6. The van der Waals surface area contributed by atoms with Gasteiger partial charge in [-0.05, 0) is 66.6 Å². The maximum absolute atomic E-state index is 13.7. The minimum absolute atomic E-state index is 0.101. The molecular weight excluding hydrogens is 641 g/mol. The highest BCUT2D eigenvalue weighted by atomic mass is 35.5. The number of hydrogen-bond donors (Lipinski definition) is 0. The van der Waals surface area contributed by atoms with Gasteiger partial charge in [0.25, 0.3) is 11.7 Å². The number of alkyl halides is 3. The fourth-order valence-corrected chi connectivity index (χ4v) is 5.34. The number of carboxylic acid groups (broad SMARTS) is 1. The molecule has 0 radical (unpaired) electrons.